The molecule has 108 valence electrons. The molecule has 0 unspecified atom stereocenters. The lowest BCUT2D eigenvalue weighted by Crippen LogP contribution is -2.06. The summed E-state index contributed by atoms with van der Waals surface area (Å²) in [5.74, 6) is 2.49. The van der Waals surface area contributed by atoms with Crippen LogP contribution < -0.4 is 19.5 Å². The number of methoxy groups -OCH3 is 3. The third kappa shape index (κ3) is 2.55. The van der Waals surface area contributed by atoms with Crippen LogP contribution in [0.5, 0.6) is 17.2 Å². The normalized spacial score (nSPS) is 10.4. The van der Waals surface area contributed by atoms with E-state index in [-0.39, 0.29) is 0 Å². The monoisotopic (exact) mass is 278 g/mol. The van der Waals surface area contributed by atoms with Crippen molar-refractivity contribution in [2.75, 3.05) is 28.4 Å². The molecule has 0 aliphatic rings. The van der Waals surface area contributed by atoms with Gasteiger partial charge in [0.2, 0.25) is 0 Å². The number of nitrogens with one attached hydrogen (secondary N) is 1. The molecule has 0 spiro atoms. The fourth-order valence-corrected chi connectivity index (χ4v) is 1.99. The van der Waals surface area contributed by atoms with Crippen LogP contribution in [0.2, 0.25) is 0 Å². The maximum Gasteiger partial charge on any atom is 0.181 e. The maximum atomic E-state index is 5.49. The molecule has 0 aliphatic carbocycles. The number of ether oxygens (including phenoxy) is 3. The molecule has 1 aromatic heterocycles. The summed E-state index contributed by atoms with van der Waals surface area (Å²) in [6, 6.07) is 3.58. The van der Waals surface area contributed by atoms with E-state index in [1.54, 1.807) is 27.4 Å². The highest BCUT2D eigenvalue weighted by atomic mass is 16.5. The molecule has 1 aromatic carbocycles. The Labute approximate surface area is 117 Å². The number of rotatable bonds is 6. The molecule has 20 heavy (non-hydrogen) atoms. The zero-order valence-electron chi connectivity index (χ0n) is 12.0. The first kappa shape index (κ1) is 14.2. The van der Waals surface area contributed by atoms with Gasteiger partial charge in [0, 0.05) is 12.6 Å². The molecular formula is C14H18N2O4. The van der Waals surface area contributed by atoms with Gasteiger partial charge in [0.15, 0.2) is 23.7 Å². The molecule has 0 fully saturated rings. The SMILES string of the molecule is CNCc1ncoc1-c1cc(OC)c(OC)cc1OC. The molecule has 2 aromatic rings. The standard InChI is InChI=1S/C14H18N2O4/c1-15-7-10-14(20-8-16-10)9-5-12(18-3)13(19-4)6-11(9)17-2/h5-6,8,15H,7H2,1-4H3. The van der Waals surface area contributed by atoms with Crippen molar-refractivity contribution in [2.45, 2.75) is 6.54 Å². The Hall–Kier alpha value is -2.21. The average molecular weight is 278 g/mol. The van der Waals surface area contributed by atoms with E-state index >= 15 is 0 Å². The Balaban J connectivity index is 2.57. The van der Waals surface area contributed by atoms with Crippen LogP contribution in [0.15, 0.2) is 22.9 Å². The molecule has 0 radical (unpaired) electrons. The van der Waals surface area contributed by atoms with Crippen molar-refractivity contribution in [1.82, 2.24) is 10.3 Å². The summed E-state index contributed by atoms with van der Waals surface area (Å²) < 4.78 is 21.5. The highest BCUT2D eigenvalue weighted by molar-refractivity contribution is 5.72. The van der Waals surface area contributed by atoms with Crippen molar-refractivity contribution in [3.05, 3.63) is 24.2 Å². The number of hydrogen-bond donors (Lipinski definition) is 1. The van der Waals surface area contributed by atoms with E-state index in [0.717, 1.165) is 11.3 Å². The van der Waals surface area contributed by atoms with Gasteiger partial charge in [-0.3, -0.25) is 0 Å². The van der Waals surface area contributed by atoms with Crippen molar-refractivity contribution in [3.8, 4) is 28.6 Å². The molecule has 2 rings (SSSR count). The van der Waals surface area contributed by atoms with Crippen LogP contribution in [0.3, 0.4) is 0 Å². The molecule has 0 atom stereocenters. The van der Waals surface area contributed by atoms with Crippen LogP contribution in [0, 0.1) is 0 Å². The van der Waals surface area contributed by atoms with E-state index in [4.69, 9.17) is 18.6 Å². The molecular weight excluding hydrogens is 260 g/mol. The van der Waals surface area contributed by atoms with Crippen molar-refractivity contribution in [3.63, 3.8) is 0 Å². The minimum absolute atomic E-state index is 0.600. The van der Waals surface area contributed by atoms with Crippen LogP contribution in [-0.2, 0) is 6.54 Å². The molecule has 1 heterocycles. The second-order valence-electron chi connectivity index (χ2n) is 4.07. The Morgan fingerprint density at radius 3 is 2.30 bits per heavy atom. The highest BCUT2D eigenvalue weighted by Crippen LogP contribution is 2.40. The largest absolute Gasteiger partial charge is 0.496 e. The van der Waals surface area contributed by atoms with Gasteiger partial charge in [0.1, 0.15) is 11.4 Å². The van der Waals surface area contributed by atoms with Gasteiger partial charge in [-0.05, 0) is 13.1 Å². The van der Waals surface area contributed by atoms with Gasteiger partial charge in [-0.15, -0.1) is 0 Å². The smallest absolute Gasteiger partial charge is 0.181 e. The first-order valence-electron chi connectivity index (χ1n) is 6.12. The van der Waals surface area contributed by atoms with Crippen LogP contribution in [0.1, 0.15) is 5.69 Å². The third-order valence-electron chi connectivity index (χ3n) is 2.94. The van der Waals surface area contributed by atoms with Crippen LogP contribution >= 0.6 is 0 Å². The molecule has 0 bridgehead atoms. The lowest BCUT2D eigenvalue weighted by Gasteiger charge is -2.13. The molecule has 6 nitrogen and oxygen atoms in total. The van der Waals surface area contributed by atoms with E-state index in [2.05, 4.69) is 10.3 Å². The van der Waals surface area contributed by atoms with Gasteiger partial charge in [0.05, 0.1) is 26.9 Å². The van der Waals surface area contributed by atoms with Crippen molar-refractivity contribution >= 4 is 0 Å². The van der Waals surface area contributed by atoms with Gasteiger partial charge in [-0.1, -0.05) is 0 Å². The lowest BCUT2D eigenvalue weighted by atomic mass is 10.1. The predicted molar refractivity (Wildman–Crippen MR) is 74.4 cm³/mol. The summed E-state index contributed by atoms with van der Waals surface area (Å²) in [6.07, 6.45) is 1.41. The Kier molecular flexibility index (Phi) is 4.47. The quantitative estimate of drug-likeness (QED) is 0.872. The van der Waals surface area contributed by atoms with Gasteiger partial charge in [-0.2, -0.15) is 0 Å². The lowest BCUT2D eigenvalue weighted by molar-refractivity contribution is 0.349. The highest BCUT2D eigenvalue weighted by Gasteiger charge is 2.19. The molecule has 1 N–H and O–H groups in total. The Morgan fingerprint density at radius 2 is 1.70 bits per heavy atom. The minimum Gasteiger partial charge on any atom is -0.496 e. The van der Waals surface area contributed by atoms with Gasteiger partial charge >= 0.3 is 0 Å². The minimum atomic E-state index is 0.600. The summed E-state index contributed by atoms with van der Waals surface area (Å²) in [7, 11) is 6.62. The maximum absolute atomic E-state index is 5.49. The zero-order valence-corrected chi connectivity index (χ0v) is 12.0. The summed E-state index contributed by atoms with van der Waals surface area (Å²) in [5.41, 5.74) is 1.57. The number of benzene rings is 1. The summed E-state index contributed by atoms with van der Waals surface area (Å²) >= 11 is 0. The van der Waals surface area contributed by atoms with Crippen molar-refractivity contribution < 1.29 is 18.6 Å². The summed E-state index contributed by atoms with van der Waals surface area (Å²) in [6.45, 7) is 0.601. The fourth-order valence-electron chi connectivity index (χ4n) is 1.99. The van der Waals surface area contributed by atoms with Crippen molar-refractivity contribution in [1.29, 1.82) is 0 Å². The van der Waals surface area contributed by atoms with E-state index in [9.17, 15) is 0 Å². The molecule has 6 heteroatoms. The van der Waals surface area contributed by atoms with E-state index in [0.29, 0.717) is 29.6 Å². The molecule has 0 amide bonds. The third-order valence-corrected chi connectivity index (χ3v) is 2.94. The molecule has 0 saturated carbocycles. The number of hydrogen-bond acceptors (Lipinski definition) is 6. The second kappa shape index (κ2) is 6.29. The van der Waals surface area contributed by atoms with Crippen LogP contribution in [0.25, 0.3) is 11.3 Å². The molecule has 0 saturated heterocycles. The predicted octanol–water partition coefficient (Wildman–Crippen LogP) is 2.09. The first-order chi connectivity index (χ1) is 9.74. The number of nitrogens with zero attached hydrogens (tertiary/aromatic N) is 1. The van der Waals surface area contributed by atoms with Gasteiger partial charge in [0.25, 0.3) is 0 Å². The summed E-state index contributed by atoms with van der Waals surface area (Å²) in [4.78, 5) is 4.20. The van der Waals surface area contributed by atoms with E-state index in [1.807, 2.05) is 13.1 Å². The summed E-state index contributed by atoms with van der Waals surface area (Å²) in [5, 5.41) is 3.05. The van der Waals surface area contributed by atoms with E-state index in [1.165, 1.54) is 6.39 Å². The van der Waals surface area contributed by atoms with Crippen LogP contribution in [-0.4, -0.2) is 33.4 Å². The van der Waals surface area contributed by atoms with E-state index < -0.39 is 0 Å². The first-order valence-corrected chi connectivity index (χ1v) is 6.12. The fraction of sp³-hybridized carbons (Fsp3) is 0.357. The Morgan fingerprint density at radius 1 is 1.05 bits per heavy atom. The van der Waals surface area contributed by atoms with Gasteiger partial charge < -0.3 is 23.9 Å². The number of aromatic nitrogens is 1. The van der Waals surface area contributed by atoms with Crippen molar-refractivity contribution in [2.24, 2.45) is 0 Å². The average Bonchev–Trinajstić information content (AvgIpc) is 2.94. The zero-order chi connectivity index (χ0) is 14.5. The number of oxazole rings is 1. The topological polar surface area (TPSA) is 65.8 Å². The Bertz CT molecular complexity index is 581. The molecule has 0 aliphatic heterocycles. The van der Waals surface area contributed by atoms with Gasteiger partial charge in [-0.25, -0.2) is 4.98 Å². The second-order valence-corrected chi connectivity index (χ2v) is 4.07. The van der Waals surface area contributed by atoms with Crippen LogP contribution in [0.4, 0.5) is 0 Å².